The summed E-state index contributed by atoms with van der Waals surface area (Å²) in [6.07, 6.45) is 0. The fourth-order valence-electron chi connectivity index (χ4n) is 7.10. The van der Waals surface area contributed by atoms with Crippen LogP contribution in [0.15, 0.2) is 18.2 Å². The van der Waals surface area contributed by atoms with Gasteiger partial charge in [0.25, 0.3) is 0 Å². The maximum absolute atomic E-state index is 2.63. The normalized spacial score (nSPS) is 14.9. The van der Waals surface area contributed by atoms with Crippen LogP contribution in [0.4, 0.5) is 0 Å². The fraction of sp³-hybridized carbons (Fsp3) is 0.721. The molecule has 0 fully saturated rings. The van der Waals surface area contributed by atoms with Crippen LogP contribution in [-0.2, 0) is 43.3 Å². The van der Waals surface area contributed by atoms with E-state index in [1.807, 2.05) is 0 Å². The molecular formula is C43H72. The van der Waals surface area contributed by atoms with Crippen LogP contribution < -0.4 is 0 Å². The smallest absolute Gasteiger partial charge is 0.0158 e. The maximum Gasteiger partial charge on any atom is 0.0158 e. The Labute approximate surface area is 270 Å². The first-order valence-corrected chi connectivity index (χ1v) is 17.0. The fourth-order valence-corrected chi connectivity index (χ4v) is 7.10. The van der Waals surface area contributed by atoms with E-state index >= 15 is 0 Å². The van der Waals surface area contributed by atoms with Crippen molar-refractivity contribution in [1.29, 1.82) is 0 Å². The Morgan fingerprint density at radius 3 is 0.791 bits per heavy atom. The minimum atomic E-state index is -0.233. The van der Waals surface area contributed by atoms with E-state index in [1.54, 1.807) is 16.7 Å². The molecule has 0 aliphatic heterocycles. The summed E-state index contributed by atoms with van der Waals surface area (Å²) in [5.74, 6) is 0. The Bertz CT molecular complexity index is 1290. The molecule has 0 atom stereocenters. The number of benzene rings is 2. The van der Waals surface area contributed by atoms with E-state index in [4.69, 9.17) is 0 Å². The monoisotopic (exact) mass is 589 g/mol. The highest BCUT2D eigenvalue weighted by Crippen LogP contribution is 2.54. The zero-order chi connectivity index (χ0) is 34.3. The Hall–Kier alpha value is -1.56. The molecule has 0 saturated carbocycles. The van der Waals surface area contributed by atoms with E-state index < -0.39 is 0 Å². The topological polar surface area (TPSA) is 0 Å². The van der Waals surface area contributed by atoms with Crippen LogP contribution in [0.1, 0.15) is 209 Å². The second-order valence-corrected chi connectivity index (χ2v) is 21.4. The van der Waals surface area contributed by atoms with E-state index in [1.165, 1.54) is 33.4 Å². The molecule has 0 aliphatic rings. The molecular weight excluding hydrogens is 516 g/mol. The van der Waals surface area contributed by atoms with E-state index in [9.17, 15) is 0 Å². The zero-order valence-corrected chi connectivity index (χ0v) is 33.2. The summed E-state index contributed by atoms with van der Waals surface area (Å²) >= 11 is 0. The third-order valence-corrected chi connectivity index (χ3v) is 9.31. The SMILES string of the molecule is CC(C)(C)c1cc(C(C)(C)C)c(C(C)(C)c2c(C(C)(C)C)cc(C(C)(C)C)c(C(C)(C)C)c2C(C)(C)C)c(C(C)(C)C)c1. The van der Waals surface area contributed by atoms with Gasteiger partial charge in [0.1, 0.15) is 0 Å². The van der Waals surface area contributed by atoms with Crippen LogP contribution in [-0.4, -0.2) is 0 Å². The molecule has 0 bridgehead atoms. The highest BCUT2D eigenvalue weighted by Gasteiger charge is 2.44. The van der Waals surface area contributed by atoms with Gasteiger partial charge >= 0.3 is 0 Å². The van der Waals surface area contributed by atoms with E-state index in [0.717, 1.165) is 0 Å². The van der Waals surface area contributed by atoms with E-state index in [2.05, 4.69) is 177 Å². The van der Waals surface area contributed by atoms with Crippen molar-refractivity contribution in [2.45, 2.75) is 203 Å². The lowest BCUT2D eigenvalue weighted by molar-refractivity contribution is 0.457. The molecule has 0 unspecified atom stereocenters. The highest BCUT2D eigenvalue weighted by molar-refractivity contribution is 5.63. The number of hydrogen-bond donors (Lipinski definition) is 0. The van der Waals surface area contributed by atoms with Gasteiger partial charge < -0.3 is 0 Å². The molecule has 244 valence electrons. The average Bonchev–Trinajstić information content (AvgIpc) is 2.72. The highest BCUT2D eigenvalue weighted by atomic mass is 14.5. The number of rotatable bonds is 2. The molecule has 0 spiro atoms. The molecule has 0 N–H and O–H groups in total. The molecule has 0 radical (unpaired) electrons. The lowest BCUT2D eigenvalue weighted by Crippen LogP contribution is -2.39. The first-order chi connectivity index (χ1) is 18.5. The summed E-state index contributed by atoms with van der Waals surface area (Å²) in [4.78, 5) is 0. The zero-order valence-electron chi connectivity index (χ0n) is 33.2. The average molecular weight is 589 g/mol. The van der Waals surface area contributed by atoms with Crippen molar-refractivity contribution in [1.82, 2.24) is 0 Å². The predicted octanol–water partition coefficient (Wildman–Crippen LogP) is 13.1. The van der Waals surface area contributed by atoms with Crippen LogP contribution in [0.25, 0.3) is 0 Å². The van der Waals surface area contributed by atoms with Crippen molar-refractivity contribution >= 4 is 0 Å². The van der Waals surface area contributed by atoms with E-state index in [0.29, 0.717) is 0 Å². The van der Waals surface area contributed by atoms with Gasteiger partial charge in [-0.2, -0.15) is 0 Å². The Morgan fingerprint density at radius 2 is 0.535 bits per heavy atom. The van der Waals surface area contributed by atoms with Crippen molar-refractivity contribution in [2.75, 3.05) is 0 Å². The third-order valence-electron chi connectivity index (χ3n) is 9.31. The van der Waals surface area contributed by atoms with Crippen molar-refractivity contribution in [3.05, 3.63) is 68.3 Å². The number of hydrogen-bond acceptors (Lipinski definition) is 0. The second kappa shape index (κ2) is 10.8. The standard InChI is InChI=1S/C43H72/c1-36(2,3)27-24-28(37(4,5)6)32(29(25-27)38(7,8)9)43(22,23)34-31(40(13,14)15)26-30(39(10,11)12)33(41(16,17)18)35(34)42(19,20)21/h24-26H,1-23H3. The molecule has 0 heterocycles. The van der Waals surface area contributed by atoms with Gasteiger partial charge in [0.05, 0.1) is 0 Å². The lowest BCUT2D eigenvalue weighted by Gasteiger charge is -2.47. The molecule has 0 amide bonds. The van der Waals surface area contributed by atoms with Gasteiger partial charge in [-0.05, 0) is 88.0 Å². The summed E-state index contributed by atoms with van der Waals surface area (Å²) in [5, 5.41) is 0. The van der Waals surface area contributed by atoms with Gasteiger partial charge in [0.2, 0.25) is 0 Å². The Morgan fingerprint density at radius 1 is 0.256 bits per heavy atom. The molecule has 2 aromatic carbocycles. The van der Waals surface area contributed by atoms with Gasteiger partial charge in [-0.15, -0.1) is 0 Å². The largest absolute Gasteiger partial charge is 0.0561 e. The van der Waals surface area contributed by atoms with Gasteiger partial charge in [0.15, 0.2) is 0 Å². The summed E-state index contributed by atoms with van der Waals surface area (Å²) in [6.45, 7) is 55.8. The summed E-state index contributed by atoms with van der Waals surface area (Å²) in [5.41, 5.74) is 13.4. The summed E-state index contributed by atoms with van der Waals surface area (Å²) in [7, 11) is 0. The Kier molecular flexibility index (Phi) is 9.42. The van der Waals surface area contributed by atoms with Gasteiger partial charge in [0, 0.05) is 5.41 Å². The van der Waals surface area contributed by atoms with E-state index in [-0.39, 0.29) is 43.3 Å². The van der Waals surface area contributed by atoms with Crippen molar-refractivity contribution in [3.8, 4) is 0 Å². The first-order valence-electron chi connectivity index (χ1n) is 17.0. The van der Waals surface area contributed by atoms with Crippen molar-refractivity contribution < 1.29 is 0 Å². The molecule has 0 saturated heterocycles. The second-order valence-electron chi connectivity index (χ2n) is 21.4. The van der Waals surface area contributed by atoms with Gasteiger partial charge in [-0.25, -0.2) is 0 Å². The Balaban J connectivity index is 3.55. The molecule has 43 heavy (non-hydrogen) atoms. The van der Waals surface area contributed by atoms with Gasteiger partial charge in [-0.1, -0.05) is 177 Å². The van der Waals surface area contributed by atoms with Crippen molar-refractivity contribution in [3.63, 3.8) is 0 Å². The van der Waals surface area contributed by atoms with Crippen LogP contribution in [0.2, 0.25) is 0 Å². The minimum absolute atomic E-state index is 0.00226. The molecule has 2 aromatic rings. The summed E-state index contributed by atoms with van der Waals surface area (Å²) < 4.78 is 0. The van der Waals surface area contributed by atoms with Crippen molar-refractivity contribution in [2.24, 2.45) is 0 Å². The predicted molar refractivity (Wildman–Crippen MR) is 196 cm³/mol. The van der Waals surface area contributed by atoms with Gasteiger partial charge in [-0.3, -0.25) is 0 Å². The van der Waals surface area contributed by atoms with Crippen LogP contribution in [0, 0.1) is 0 Å². The third kappa shape index (κ3) is 7.64. The molecule has 0 aromatic heterocycles. The minimum Gasteiger partial charge on any atom is -0.0561 e. The molecule has 0 heteroatoms. The molecule has 0 aliphatic carbocycles. The van der Waals surface area contributed by atoms with Crippen LogP contribution in [0.3, 0.4) is 0 Å². The summed E-state index contributed by atoms with van der Waals surface area (Å²) in [6, 6.07) is 7.76. The molecule has 0 nitrogen and oxygen atoms in total. The lowest BCUT2D eigenvalue weighted by atomic mass is 9.57. The van der Waals surface area contributed by atoms with Crippen LogP contribution in [0.5, 0.6) is 0 Å². The van der Waals surface area contributed by atoms with Crippen LogP contribution >= 0.6 is 0 Å². The molecule has 2 rings (SSSR count). The maximum atomic E-state index is 2.63. The first kappa shape index (κ1) is 37.6. The quantitative estimate of drug-likeness (QED) is 0.327.